The van der Waals surface area contributed by atoms with Crippen molar-refractivity contribution in [2.45, 2.75) is 38.6 Å². The van der Waals surface area contributed by atoms with Gasteiger partial charge in [-0.15, -0.1) is 0 Å². The molecule has 0 aliphatic rings. The van der Waals surface area contributed by atoms with Crippen LogP contribution in [0.3, 0.4) is 0 Å². The molecule has 1 rings (SSSR count). The van der Waals surface area contributed by atoms with Gasteiger partial charge in [0.05, 0.1) is 6.20 Å². The van der Waals surface area contributed by atoms with E-state index in [1.54, 1.807) is 0 Å². The van der Waals surface area contributed by atoms with Crippen LogP contribution in [0.2, 0.25) is 0 Å². The summed E-state index contributed by atoms with van der Waals surface area (Å²) in [6.07, 6.45) is 2.88. The predicted octanol–water partition coefficient (Wildman–Crippen LogP) is 1.30. The van der Waals surface area contributed by atoms with Gasteiger partial charge >= 0.3 is 0 Å². The third-order valence-electron chi connectivity index (χ3n) is 2.24. The Kier molecular flexibility index (Phi) is 4.49. The molecule has 5 nitrogen and oxygen atoms in total. The van der Waals surface area contributed by atoms with E-state index in [2.05, 4.69) is 28.5 Å². The van der Waals surface area contributed by atoms with E-state index < -0.39 is 10.0 Å². The Morgan fingerprint density at radius 2 is 2.19 bits per heavy atom. The summed E-state index contributed by atoms with van der Waals surface area (Å²) in [6, 6.07) is 0. The van der Waals surface area contributed by atoms with Crippen LogP contribution in [-0.4, -0.2) is 24.9 Å². The zero-order valence-corrected chi connectivity index (χ0v) is 10.8. The minimum Gasteiger partial charge on any atom is -0.332 e. The highest BCUT2D eigenvalue weighted by atomic mass is 32.2. The molecule has 1 aromatic heterocycles. The molecule has 1 heterocycles. The summed E-state index contributed by atoms with van der Waals surface area (Å²) in [7, 11) is -3.41. The van der Waals surface area contributed by atoms with Crippen LogP contribution in [0.15, 0.2) is 11.2 Å². The number of aromatic amines is 1. The van der Waals surface area contributed by atoms with Gasteiger partial charge in [-0.1, -0.05) is 20.8 Å². The number of aromatic nitrogens is 2. The quantitative estimate of drug-likeness (QED) is 0.793. The maximum Gasteiger partial charge on any atom is 0.257 e. The van der Waals surface area contributed by atoms with Crippen LogP contribution >= 0.6 is 0 Å². The van der Waals surface area contributed by atoms with Gasteiger partial charge in [0, 0.05) is 13.0 Å². The molecule has 6 heteroatoms. The SMILES string of the molecule is CCc1ncc(S(=O)(=O)NCCC(C)C)[nH]1. The monoisotopic (exact) mass is 245 g/mol. The van der Waals surface area contributed by atoms with Gasteiger partial charge in [0.2, 0.25) is 0 Å². The highest BCUT2D eigenvalue weighted by molar-refractivity contribution is 7.89. The third kappa shape index (κ3) is 3.61. The summed E-state index contributed by atoms with van der Waals surface area (Å²) in [5.41, 5.74) is 0. The second kappa shape index (κ2) is 5.45. The number of hydrogen-bond donors (Lipinski definition) is 2. The lowest BCUT2D eigenvalue weighted by Gasteiger charge is -2.06. The van der Waals surface area contributed by atoms with Crippen molar-refractivity contribution in [3.63, 3.8) is 0 Å². The van der Waals surface area contributed by atoms with E-state index in [1.807, 2.05) is 6.92 Å². The molecular weight excluding hydrogens is 226 g/mol. The fourth-order valence-electron chi connectivity index (χ4n) is 1.22. The first-order valence-electron chi connectivity index (χ1n) is 5.49. The zero-order valence-electron chi connectivity index (χ0n) is 9.95. The molecule has 0 bridgehead atoms. The maximum absolute atomic E-state index is 11.8. The third-order valence-corrected chi connectivity index (χ3v) is 3.61. The second-order valence-electron chi connectivity index (χ2n) is 4.13. The molecule has 0 atom stereocenters. The number of hydrogen-bond acceptors (Lipinski definition) is 3. The number of imidazole rings is 1. The molecule has 0 aromatic carbocycles. The van der Waals surface area contributed by atoms with Crippen molar-refractivity contribution < 1.29 is 8.42 Å². The van der Waals surface area contributed by atoms with Gasteiger partial charge in [-0.3, -0.25) is 0 Å². The van der Waals surface area contributed by atoms with E-state index in [0.717, 1.165) is 6.42 Å². The molecule has 1 aromatic rings. The first kappa shape index (κ1) is 13.2. The maximum atomic E-state index is 11.8. The average molecular weight is 245 g/mol. The minimum absolute atomic E-state index is 0.146. The van der Waals surface area contributed by atoms with Crippen molar-refractivity contribution in [1.82, 2.24) is 14.7 Å². The Hall–Kier alpha value is -0.880. The molecule has 16 heavy (non-hydrogen) atoms. The van der Waals surface area contributed by atoms with Crippen molar-refractivity contribution in [3.8, 4) is 0 Å². The first-order valence-corrected chi connectivity index (χ1v) is 6.97. The van der Waals surface area contributed by atoms with Crippen LogP contribution in [0.25, 0.3) is 0 Å². The summed E-state index contributed by atoms with van der Waals surface area (Å²) >= 11 is 0. The van der Waals surface area contributed by atoms with E-state index >= 15 is 0 Å². The lowest BCUT2D eigenvalue weighted by molar-refractivity contribution is 0.549. The molecule has 0 saturated heterocycles. The Bertz CT molecular complexity index is 423. The number of nitrogens with one attached hydrogen (secondary N) is 2. The molecule has 92 valence electrons. The largest absolute Gasteiger partial charge is 0.332 e. The first-order chi connectivity index (χ1) is 7.45. The van der Waals surface area contributed by atoms with E-state index in [4.69, 9.17) is 0 Å². The van der Waals surface area contributed by atoms with Crippen LogP contribution in [0.5, 0.6) is 0 Å². The number of rotatable bonds is 6. The van der Waals surface area contributed by atoms with E-state index in [0.29, 0.717) is 24.7 Å². The van der Waals surface area contributed by atoms with Gasteiger partial charge in [-0.2, -0.15) is 0 Å². The van der Waals surface area contributed by atoms with Gasteiger partial charge in [-0.05, 0) is 12.3 Å². The summed E-state index contributed by atoms with van der Waals surface area (Å²) in [5, 5.41) is 0.146. The fraction of sp³-hybridized carbons (Fsp3) is 0.700. The highest BCUT2D eigenvalue weighted by Crippen LogP contribution is 2.06. The molecule has 0 amide bonds. The van der Waals surface area contributed by atoms with Crippen LogP contribution in [0.4, 0.5) is 0 Å². The highest BCUT2D eigenvalue weighted by Gasteiger charge is 2.16. The van der Waals surface area contributed by atoms with Crippen molar-refractivity contribution in [3.05, 3.63) is 12.0 Å². The van der Waals surface area contributed by atoms with Crippen molar-refractivity contribution in [1.29, 1.82) is 0 Å². The second-order valence-corrected chi connectivity index (χ2v) is 5.86. The Morgan fingerprint density at radius 1 is 1.50 bits per heavy atom. The van der Waals surface area contributed by atoms with Crippen molar-refractivity contribution in [2.24, 2.45) is 5.92 Å². The number of aryl methyl sites for hydroxylation is 1. The lowest BCUT2D eigenvalue weighted by atomic mass is 10.1. The van der Waals surface area contributed by atoms with E-state index in [9.17, 15) is 8.42 Å². The summed E-state index contributed by atoms with van der Waals surface area (Å²) in [6.45, 7) is 6.49. The van der Waals surface area contributed by atoms with Crippen LogP contribution in [-0.2, 0) is 16.4 Å². The normalized spacial score (nSPS) is 12.2. The fourth-order valence-corrected chi connectivity index (χ4v) is 2.21. The number of sulfonamides is 1. The smallest absolute Gasteiger partial charge is 0.257 e. The van der Waals surface area contributed by atoms with Crippen LogP contribution < -0.4 is 4.72 Å². The van der Waals surface area contributed by atoms with E-state index in [-0.39, 0.29) is 5.03 Å². The zero-order chi connectivity index (χ0) is 12.2. The molecule has 0 spiro atoms. The summed E-state index contributed by atoms with van der Waals surface area (Å²) in [4.78, 5) is 6.75. The Labute approximate surface area is 96.7 Å². The molecule has 2 N–H and O–H groups in total. The molecular formula is C10H19N3O2S. The molecule has 0 radical (unpaired) electrons. The van der Waals surface area contributed by atoms with Gasteiger partial charge in [0.1, 0.15) is 5.82 Å². The van der Waals surface area contributed by atoms with Gasteiger partial charge in [-0.25, -0.2) is 18.1 Å². The molecule has 0 aliphatic carbocycles. The molecule has 0 saturated carbocycles. The summed E-state index contributed by atoms with van der Waals surface area (Å²) < 4.78 is 26.1. The van der Waals surface area contributed by atoms with Gasteiger partial charge in [0.15, 0.2) is 5.03 Å². The predicted molar refractivity (Wildman–Crippen MR) is 62.6 cm³/mol. The Balaban J connectivity index is 2.63. The molecule has 0 aliphatic heterocycles. The van der Waals surface area contributed by atoms with Crippen LogP contribution in [0.1, 0.15) is 33.0 Å². The lowest BCUT2D eigenvalue weighted by Crippen LogP contribution is -2.25. The number of H-pyrrole nitrogens is 1. The van der Waals surface area contributed by atoms with Gasteiger partial charge in [0.25, 0.3) is 10.0 Å². The standard InChI is InChI=1S/C10H19N3O2S/c1-4-9-11-7-10(13-9)16(14,15)12-6-5-8(2)3/h7-8,12H,4-6H2,1-3H3,(H,11,13). The Morgan fingerprint density at radius 3 is 2.69 bits per heavy atom. The number of nitrogens with zero attached hydrogens (tertiary/aromatic N) is 1. The average Bonchev–Trinajstić information content (AvgIpc) is 2.65. The minimum atomic E-state index is -3.41. The molecule has 0 fully saturated rings. The van der Waals surface area contributed by atoms with Crippen LogP contribution in [0, 0.1) is 5.92 Å². The van der Waals surface area contributed by atoms with Gasteiger partial charge < -0.3 is 4.98 Å². The topological polar surface area (TPSA) is 74.8 Å². The summed E-state index contributed by atoms with van der Waals surface area (Å²) in [5.74, 6) is 1.17. The molecule has 0 unspecified atom stereocenters. The van der Waals surface area contributed by atoms with E-state index in [1.165, 1.54) is 6.20 Å². The van der Waals surface area contributed by atoms with Crippen molar-refractivity contribution in [2.75, 3.05) is 6.54 Å². The van der Waals surface area contributed by atoms with Crippen molar-refractivity contribution >= 4 is 10.0 Å².